The number of aryl methyl sites for hydroxylation is 1. The van der Waals surface area contributed by atoms with Crippen LogP contribution in [0.1, 0.15) is 44.1 Å². The van der Waals surface area contributed by atoms with Gasteiger partial charge in [-0.3, -0.25) is 0 Å². The zero-order chi connectivity index (χ0) is 17.5. The van der Waals surface area contributed by atoms with Crippen molar-refractivity contribution in [3.8, 4) is 5.69 Å². The molecule has 2 atom stereocenters. The molecule has 0 saturated carbocycles. The molecule has 1 aromatic carbocycles. The molecule has 0 spiro atoms. The third-order valence-electron chi connectivity index (χ3n) is 4.15. The highest BCUT2D eigenvalue weighted by Gasteiger charge is 2.13. The summed E-state index contributed by atoms with van der Waals surface area (Å²) in [5.41, 5.74) is 2.07. The van der Waals surface area contributed by atoms with Crippen LogP contribution in [0.15, 0.2) is 36.7 Å². The number of carbonyl (C=O) groups excluding carboxylic acids is 1. The first-order valence-corrected chi connectivity index (χ1v) is 8.33. The average Bonchev–Trinajstić information content (AvgIpc) is 3.00. The van der Waals surface area contributed by atoms with E-state index in [1.165, 1.54) is 0 Å². The molecule has 0 aliphatic heterocycles. The van der Waals surface area contributed by atoms with Gasteiger partial charge in [-0.1, -0.05) is 19.1 Å². The van der Waals surface area contributed by atoms with E-state index < -0.39 is 0 Å². The van der Waals surface area contributed by atoms with Crippen LogP contribution in [-0.4, -0.2) is 33.3 Å². The summed E-state index contributed by atoms with van der Waals surface area (Å²) in [7, 11) is 0. The Morgan fingerprint density at radius 2 is 2.00 bits per heavy atom. The van der Waals surface area contributed by atoms with E-state index in [-0.39, 0.29) is 24.7 Å². The van der Waals surface area contributed by atoms with Crippen molar-refractivity contribution in [1.82, 2.24) is 20.2 Å². The van der Waals surface area contributed by atoms with Crippen LogP contribution >= 0.6 is 0 Å². The lowest BCUT2D eigenvalue weighted by atomic mass is 10.1. The number of aliphatic hydroxyl groups is 1. The van der Waals surface area contributed by atoms with Gasteiger partial charge in [0, 0.05) is 30.7 Å². The molecule has 6 nitrogen and oxygen atoms in total. The molecule has 6 heteroatoms. The molecule has 2 aromatic rings. The van der Waals surface area contributed by atoms with Gasteiger partial charge < -0.3 is 20.3 Å². The summed E-state index contributed by atoms with van der Waals surface area (Å²) in [4.78, 5) is 16.3. The number of aliphatic hydroxyl groups excluding tert-OH is 1. The largest absolute Gasteiger partial charge is 0.396 e. The minimum Gasteiger partial charge on any atom is -0.396 e. The number of aromatic nitrogens is 2. The molecular formula is C18H26N4O2. The van der Waals surface area contributed by atoms with Crippen molar-refractivity contribution in [2.75, 3.05) is 6.61 Å². The molecular weight excluding hydrogens is 304 g/mol. The molecule has 2 amide bonds. The van der Waals surface area contributed by atoms with Gasteiger partial charge in [-0.2, -0.15) is 0 Å². The summed E-state index contributed by atoms with van der Waals surface area (Å²) >= 11 is 0. The van der Waals surface area contributed by atoms with E-state index in [0.29, 0.717) is 6.42 Å². The van der Waals surface area contributed by atoms with Gasteiger partial charge in [0.2, 0.25) is 0 Å². The monoisotopic (exact) mass is 330 g/mol. The lowest BCUT2D eigenvalue weighted by Gasteiger charge is -2.20. The van der Waals surface area contributed by atoms with Crippen molar-refractivity contribution < 1.29 is 9.90 Å². The van der Waals surface area contributed by atoms with Crippen LogP contribution in [0.4, 0.5) is 4.79 Å². The Morgan fingerprint density at radius 1 is 1.29 bits per heavy atom. The molecule has 1 aromatic heterocycles. The minimum atomic E-state index is -0.211. The fourth-order valence-electron chi connectivity index (χ4n) is 2.62. The number of carbonyl (C=O) groups is 1. The van der Waals surface area contributed by atoms with E-state index in [4.69, 9.17) is 5.11 Å². The molecule has 2 unspecified atom stereocenters. The van der Waals surface area contributed by atoms with E-state index in [2.05, 4.69) is 15.6 Å². The van der Waals surface area contributed by atoms with Gasteiger partial charge in [-0.25, -0.2) is 9.78 Å². The van der Waals surface area contributed by atoms with Gasteiger partial charge in [0.1, 0.15) is 5.82 Å². The summed E-state index contributed by atoms with van der Waals surface area (Å²) < 4.78 is 2.01. The second kappa shape index (κ2) is 8.49. The highest BCUT2D eigenvalue weighted by atomic mass is 16.3. The lowest BCUT2D eigenvalue weighted by molar-refractivity contribution is 0.225. The highest BCUT2D eigenvalue weighted by molar-refractivity contribution is 5.74. The Labute approximate surface area is 142 Å². The SMILES string of the molecule is CCC(CCO)NC(=O)NC(C)c1ccc(-n2ccnc2C)cc1. The zero-order valence-electron chi connectivity index (χ0n) is 14.5. The van der Waals surface area contributed by atoms with E-state index in [1.54, 1.807) is 6.20 Å². The predicted octanol–water partition coefficient (Wildman–Crippen LogP) is 2.70. The van der Waals surface area contributed by atoms with Crippen LogP contribution in [0, 0.1) is 6.92 Å². The Morgan fingerprint density at radius 3 is 2.54 bits per heavy atom. The summed E-state index contributed by atoms with van der Waals surface area (Å²) in [6, 6.07) is 7.72. The first-order valence-electron chi connectivity index (χ1n) is 8.33. The van der Waals surface area contributed by atoms with Gasteiger partial charge in [-0.15, -0.1) is 0 Å². The van der Waals surface area contributed by atoms with Gasteiger partial charge in [-0.05, 0) is 44.4 Å². The standard InChI is InChI=1S/C18H26N4O2/c1-4-16(9-12-23)21-18(24)20-13(2)15-5-7-17(8-6-15)22-11-10-19-14(22)3/h5-8,10-11,13,16,23H,4,9,12H2,1-3H3,(H2,20,21,24). The molecule has 1 heterocycles. The molecule has 0 aliphatic carbocycles. The van der Waals surface area contributed by atoms with E-state index in [9.17, 15) is 4.79 Å². The Kier molecular flexibility index (Phi) is 6.37. The Hall–Kier alpha value is -2.34. The normalized spacial score (nSPS) is 13.3. The maximum Gasteiger partial charge on any atom is 0.315 e. The molecule has 2 rings (SSSR count). The number of nitrogens with zero attached hydrogens (tertiary/aromatic N) is 2. The van der Waals surface area contributed by atoms with E-state index >= 15 is 0 Å². The molecule has 3 N–H and O–H groups in total. The number of imidazole rings is 1. The maximum atomic E-state index is 12.1. The topological polar surface area (TPSA) is 79.2 Å². The third-order valence-corrected chi connectivity index (χ3v) is 4.15. The summed E-state index contributed by atoms with van der Waals surface area (Å²) in [6.45, 7) is 5.97. The smallest absolute Gasteiger partial charge is 0.315 e. The number of benzene rings is 1. The number of hydrogen-bond donors (Lipinski definition) is 3. The first kappa shape index (κ1) is 18.0. The van der Waals surface area contributed by atoms with Gasteiger partial charge >= 0.3 is 6.03 Å². The van der Waals surface area contributed by atoms with Crippen LogP contribution in [0.25, 0.3) is 5.69 Å². The highest BCUT2D eigenvalue weighted by Crippen LogP contribution is 2.16. The summed E-state index contributed by atoms with van der Waals surface area (Å²) in [5.74, 6) is 0.933. The summed E-state index contributed by atoms with van der Waals surface area (Å²) in [6.07, 6.45) is 5.05. The quantitative estimate of drug-likeness (QED) is 0.730. The van der Waals surface area contributed by atoms with Crippen LogP contribution in [0.3, 0.4) is 0 Å². The van der Waals surface area contributed by atoms with Crippen LogP contribution in [0.5, 0.6) is 0 Å². The second-order valence-electron chi connectivity index (χ2n) is 5.89. The van der Waals surface area contributed by atoms with Crippen molar-refractivity contribution in [3.05, 3.63) is 48.0 Å². The van der Waals surface area contributed by atoms with Crippen molar-refractivity contribution >= 4 is 6.03 Å². The number of urea groups is 1. The lowest BCUT2D eigenvalue weighted by Crippen LogP contribution is -2.43. The first-order chi connectivity index (χ1) is 11.5. The molecule has 0 bridgehead atoms. The van der Waals surface area contributed by atoms with Gasteiger partial charge in [0.15, 0.2) is 0 Å². The van der Waals surface area contributed by atoms with Crippen LogP contribution < -0.4 is 10.6 Å². The average molecular weight is 330 g/mol. The zero-order valence-corrected chi connectivity index (χ0v) is 14.5. The maximum absolute atomic E-state index is 12.1. The van der Waals surface area contributed by atoms with Crippen molar-refractivity contribution in [2.45, 2.75) is 45.7 Å². The molecule has 0 saturated heterocycles. The van der Waals surface area contributed by atoms with Gasteiger partial charge in [0.25, 0.3) is 0 Å². The molecule has 0 aliphatic rings. The summed E-state index contributed by atoms with van der Waals surface area (Å²) in [5, 5.41) is 14.8. The van der Waals surface area contributed by atoms with E-state index in [0.717, 1.165) is 23.5 Å². The van der Waals surface area contributed by atoms with Crippen molar-refractivity contribution in [3.63, 3.8) is 0 Å². The number of nitrogens with one attached hydrogen (secondary N) is 2. The van der Waals surface area contributed by atoms with Crippen LogP contribution in [0.2, 0.25) is 0 Å². The predicted molar refractivity (Wildman–Crippen MR) is 94.2 cm³/mol. The Balaban J connectivity index is 1.96. The van der Waals surface area contributed by atoms with Crippen molar-refractivity contribution in [2.24, 2.45) is 0 Å². The fraction of sp³-hybridized carbons (Fsp3) is 0.444. The molecule has 0 radical (unpaired) electrons. The van der Waals surface area contributed by atoms with Gasteiger partial charge in [0.05, 0.1) is 6.04 Å². The molecule has 130 valence electrons. The van der Waals surface area contributed by atoms with Crippen LogP contribution in [-0.2, 0) is 0 Å². The fourth-order valence-corrected chi connectivity index (χ4v) is 2.62. The molecule has 0 fully saturated rings. The third kappa shape index (κ3) is 4.58. The number of amides is 2. The van der Waals surface area contributed by atoms with E-state index in [1.807, 2.05) is 55.8 Å². The number of hydrogen-bond acceptors (Lipinski definition) is 3. The molecule has 24 heavy (non-hydrogen) atoms. The number of rotatable bonds is 7. The minimum absolute atomic E-state index is 0.00575. The second-order valence-corrected chi connectivity index (χ2v) is 5.89. The Bertz CT molecular complexity index is 651. The van der Waals surface area contributed by atoms with Crippen molar-refractivity contribution in [1.29, 1.82) is 0 Å².